The standard InChI is InChI=1S/C22H20ClFN2O2/c1-2-26(20-9-5-7-15-6-3-4-8-17(15)20)21(27)12-13-25-22(28)18-11-10-16(24)14-19(18)23/h3-11,14H,2,12-13H2,1H3,(H,25,28). The number of carbonyl (C=O) groups excluding carboxylic acids is 2. The number of amides is 2. The molecule has 0 aliphatic rings. The van der Waals surface area contributed by atoms with Gasteiger partial charge in [-0.2, -0.15) is 0 Å². The summed E-state index contributed by atoms with van der Waals surface area (Å²) < 4.78 is 13.1. The van der Waals surface area contributed by atoms with Gasteiger partial charge in [0.25, 0.3) is 5.91 Å². The number of nitrogens with zero attached hydrogens (tertiary/aromatic N) is 1. The number of benzene rings is 3. The van der Waals surface area contributed by atoms with Crippen molar-refractivity contribution in [2.24, 2.45) is 0 Å². The molecule has 0 aromatic heterocycles. The van der Waals surface area contributed by atoms with Gasteiger partial charge in [-0.15, -0.1) is 0 Å². The summed E-state index contributed by atoms with van der Waals surface area (Å²) in [4.78, 5) is 26.7. The van der Waals surface area contributed by atoms with Gasteiger partial charge in [0.1, 0.15) is 5.82 Å². The number of nitrogens with one attached hydrogen (secondary N) is 1. The quantitative estimate of drug-likeness (QED) is 0.648. The number of carbonyl (C=O) groups is 2. The molecule has 1 N–H and O–H groups in total. The summed E-state index contributed by atoms with van der Waals surface area (Å²) in [6.07, 6.45) is 0.140. The SMILES string of the molecule is CCN(C(=O)CCNC(=O)c1ccc(F)cc1Cl)c1cccc2ccccc12. The van der Waals surface area contributed by atoms with Gasteiger partial charge in [-0.25, -0.2) is 4.39 Å². The molecule has 0 aliphatic heterocycles. The van der Waals surface area contributed by atoms with Crippen LogP contribution in [0.1, 0.15) is 23.7 Å². The molecule has 3 rings (SSSR count). The fourth-order valence-corrected chi connectivity index (χ4v) is 3.36. The molecular formula is C22H20ClFN2O2. The van der Waals surface area contributed by atoms with Gasteiger partial charge in [-0.3, -0.25) is 9.59 Å². The van der Waals surface area contributed by atoms with Crippen LogP contribution in [0, 0.1) is 5.82 Å². The first-order valence-corrected chi connectivity index (χ1v) is 9.40. The fraction of sp³-hybridized carbons (Fsp3) is 0.182. The third-order valence-corrected chi connectivity index (χ3v) is 4.79. The lowest BCUT2D eigenvalue weighted by molar-refractivity contribution is -0.118. The fourth-order valence-electron chi connectivity index (χ4n) is 3.11. The molecule has 0 unspecified atom stereocenters. The number of fused-ring (bicyclic) bond motifs is 1. The summed E-state index contributed by atoms with van der Waals surface area (Å²) >= 11 is 5.90. The van der Waals surface area contributed by atoms with Gasteiger partial charge in [0.2, 0.25) is 5.91 Å². The highest BCUT2D eigenvalue weighted by atomic mass is 35.5. The summed E-state index contributed by atoms with van der Waals surface area (Å²) in [6, 6.07) is 17.3. The van der Waals surface area contributed by atoms with Crippen molar-refractivity contribution in [1.29, 1.82) is 0 Å². The Balaban J connectivity index is 1.67. The van der Waals surface area contributed by atoms with Crippen LogP contribution in [0.2, 0.25) is 5.02 Å². The molecule has 4 nitrogen and oxygen atoms in total. The molecule has 0 atom stereocenters. The Morgan fingerprint density at radius 1 is 1.07 bits per heavy atom. The van der Waals surface area contributed by atoms with E-state index in [1.165, 1.54) is 12.1 Å². The number of rotatable bonds is 6. The maximum absolute atomic E-state index is 13.1. The Morgan fingerprint density at radius 2 is 1.82 bits per heavy atom. The first-order valence-electron chi connectivity index (χ1n) is 9.02. The van der Waals surface area contributed by atoms with Crippen molar-refractivity contribution in [1.82, 2.24) is 5.32 Å². The normalized spacial score (nSPS) is 10.7. The molecule has 3 aromatic rings. The van der Waals surface area contributed by atoms with Gasteiger partial charge >= 0.3 is 0 Å². The highest BCUT2D eigenvalue weighted by Crippen LogP contribution is 2.27. The molecule has 28 heavy (non-hydrogen) atoms. The van der Waals surface area contributed by atoms with E-state index in [0.29, 0.717) is 6.54 Å². The summed E-state index contributed by atoms with van der Waals surface area (Å²) in [6.45, 7) is 2.59. The largest absolute Gasteiger partial charge is 0.351 e. The van der Waals surface area contributed by atoms with Crippen LogP contribution in [0.5, 0.6) is 0 Å². The van der Waals surface area contributed by atoms with E-state index in [-0.39, 0.29) is 29.5 Å². The van der Waals surface area contributed by atoms with E-state index < -0.39 is 11.7 Å². The smallest absolute Gasteiger partial charge is 0.252 e. The van der Waals surface area contributed by atoms with Gasteiger partial charge in [0, 0.05) is 24.9 Å². The van der Waals surface area contributed by atoms with Gasteiger partial charge in [-0.1, -0.05) is 48.0 Å². The highest BCUT2D eigenvalue weighted by Gasteiger charge is 2.17. The number of hydrogen-bond acceptors (Lipinski definition) is 2. The number of halogens is 2. The van der Waals surface area contributed by atoms with Crippen LogP contribution < -0.4 is 10.2 Å². The molecule has 0 aliphatic carbocycles. The van der Waals surface area contributed by atoms with Gasteiger partial charge in [0.05, 0.1) is 16.3 Å². The molecule has 0 bridgehead atoms. The van der Waals surface area contributed by atoms with Crippen LogP contribution >= 0.6 is 11.6 Å². The molecule has 6 heteroatoms. The van der Waals surface area contributed by atoms with E-state index in [1.54, 1.807) is 4.90 Å². The maximum Gasteiger partial charge on any atom is 0.252 e. The third-order valence-electron chi connectivity index (χ3n) is 4.47. The summed E-state index contributed by atoms with van der Waals surface area (Å²) in [5, 5.41) is 4.76. The van der Waals surface area contributed by atoms with Crippen molar-refractivity contribution in [3.05, 3.63) is 77.1 Å². The zero-order valence-electron chi connectivity index (χ0n) is 15.4. The minimum absolute atomic E-state index is 0.0368. The second-order valence-corrected chi connectivity index (χ2v) is 6.67. The summed E-state index contributed by atoms with van der Waals surface area (Å²) in [5.41, 5.74) is 1.02. The van der Waals surface area contributed by atoms with Crippen LogP contribution in [0.15, 0.2) is 60.7 Å². The second kappa shape index (κ2) is 8.85. The number of anilines is 1. The van der Waals surface area contributed by atoms with Gasteiger partial charge in [0.15, 0.2) is 0 Å². The average molecular weight is 399 g/mol. The van der Waals surface area contributed by atoms with Crippen molar-refractivity contribution in [2.75, 3.05) is 18.0 Å². The van der Waals surface area contributed by atoms with Gasteiger partial charge < -0.3 is 10.2 Å². The average Bonchev–Trinajstić information content (AvgIpc) is 2.68. The molecule has 0 spiro atoms. The van der Waals surface area contributed by atoms with Crippen LogP contribution in [-0.2, 0) is 4.79 Å². The molecule has 0 radical (unpaired) electrons. The Morgan fingerprint density at radius 3 is 2.57 bits per heavy atom. The number of hydrogen-bond donors (Lipinski definition) is 1. The van der Waals surface area contributed by atoms with Gasteiger partial charge in [-0.05, 0) is 36.6 Å². The Kier molecular flexibility index (Phi) is 6.26. The second-order valence-electron chi connectivity index (χ2n) is 6.27. The Labute approximate surface area is 167 Å². The minimum atomic E-state index is -0.509. The molecular weight excluding hydrogens is 379 g/mol. The van der Waals surface area contributed by atoms with E-state index in [1.807, 2.05) is 49.4 Å². The third kappa shape index (κ3) is 4.31. The van der Waals surface area contributed by atoms with Crippen molar-refractivity contribution in [3.63, 3.8) is 0 Å². The monoisotopic (exact) mass is 398 g/mol. The van der Waals surface area contributed by atoms with E-state index in [2.05, 4.69) is 5.32 Å². The lowest BCUT2D eigenvalue weighted by atomic mass is 10.1. The van der Waals surface area contributed by atoms with E-state index in [9.17, 15) is 14.0 Å². The first-order chi connectivity index (χ1) is 13.5. The van der Waals surface area contributed by atoms with E-state index in [4.69, 9.17) is 11.6 Å². The molecule has 3 aromatic carbocycles. The van der Waals surface area contributed by atoms with Crippen LogP contribution in [0.25, 0.3) is 10.8 Å². The predicted molar refractivity (Wildman–Crippen MR) is 110 cm³/mol. The van der Waals surface area contributed by atoms with Crippen molar-refractivity contribution >= 4 is 39.9 Å². The van der Waals surface area contributed by atoms with Crippen LogP contribution in [0.3, 0.4) is 0 Å². The zero-order valence-corrected chi connectivity index (χ0v) is 16.2. The Bertz CT molecular complexity index is 1020. The summed E-state index contributed by atoms with van der Waals surface area (Å²) in [5.74, 6) is -1.04. The molecule has 2 amide bonds. The van der Waals surface area contributed by atoms with Crippen molar-refractivity contribution in [3.8, 4) is 0 Å². The molecule has 0 saturated carbocycles. The lowest BCUT2D eigenvalue weighted by Crippen LogP contribution is -2.34. The summed E-state index contributed by atoms with van der Waals surface area (Å²) in [7, 11) is 0. The molecule has 0 heterocycles. The van der Waals surface area contributed by atoms with Crippen LogP contribution in [-0.4, -0.2) is 24.9 Å². The first kappa shape index (κ1) is 19.8. The predicted octanol–water partition coefficient (Wildman–Crippen LogP) is 4.81. The van der Waals surface area contributed by atoms with Crippen LogP contribution in [0.4, 0.5) is 10.1 Å². The minimum Gasteiger partial charge on any atom is -0.351 e. The molecule has 0 saturated heterocycles. The van der Waals surface area contributed by atoms with Crippen molar-refractivity contribution in [2.45, 2.75) is 13.3 Å². The Hall–Kier alpha value is -2.92. The topological polar surface area (TPSA) is 49.4 Å². The van der Waals surface area contributed by atoms with Crippen molar-refractivity contribution < 1.29 is 14.0 Å². The molecule has 0 fully saturated rings. The highest BCUT2D eigenvalue weighted by molar-refractivity contribution is 6.33. The lowest BCUT2D eigenvalue weighted by Gasteiger charge is -2.23. The van der Waals surface area contributed by atoms with E-state index >= 15 is 0 Å². The maximum atomic E-state index is 13.1. The zero-order chi connectivity index (χ0) is 20.1. The van der Waals surface area contributed by atoms with E-state index in [0.717, 1.165) is 22.5 Å². The molecule has 144 valence electrons.